The van der Waals surface area contributed by atoms with Crippen molar-refractivity contribution < 1.29 is 14.7 Å². The Balaban J connectivity index is 2.14. The van der Waals surface area contributed by atoms with Crippen molar-refractivity contribution in [3.8, 4) is 0 Å². The van der Waals surface area contributed by atoms with Crippen molar-refractivity contribution in [1.29, 1.82) is 0 Å². The fourth-order valence-corrected chi connectivity index (χ4v) is 3.05. The molecule has 0 spiro atoms. The van der Waals surface area contributed by atoms with Crippen molar-refractivity contribution in [2.75, 3.05) is 5.32 Å². The van der Waals surface area contributed by atoms with Gasteiger partial charge in [0.1, 0.15) is 5.00 Å². The zero-order chi connectivity index (χ0) is 16.3. The van der Waals surface area contributed by atoms with Gasteiger partial charge >= 0.3 is 5.97 Å². The van der Waals surface area contributed by atoms with E-state index in [1.807, 2.05) is 6.92 Å². The lowest BCUT2D eigenvalue weighted by molar-refractivity contribution is -0.111. The van der Waals surface area contributed by atoms with Gasteiger partial charge in [0.05, 0.1) is 5.56 Å². The quantitative estimate of drug-likeness (QED) is 0.815. The molecule has 0 unspecified atom stereocenters. The molecule has 0 bridgehead atoms. The Kier molecular flexibility index (Phi) is 5.00. The van der Waals surface area contributed by atoms with Gasteiger partial charge in [-0.15, -0.1) is 11.3 Å². The van der Waals surface area contributed by atoms with Gasteiger partial charge in [-0.25, -0.2) is 4.79 Å². The largest absolute Gasteiger partial charge is 0.478 e. The maximum atomic E-state index is 11.9. The molecule has 2 rings (SSSR count). The third-order valence-electron chi connectivity index (χ3n) is 3.13. The van der Waals surface area contributed by atoms with Crippen LogP contribution in [-0.2, 0) is 4.79 Å². The van der Waals surface area contributed by atoms with E-state index in [-0.39, 0.29) is 11.5 Å². The van der Waals surface area contributed by atoms with Crippen LogP contribution < -0.4 is 5.32 Å². The summed E-state index contributed by atoms with van der Waals surface area (Å²) in [6.07, 6.45) is 3.00. The maximum Gasteiger partial charge on any atom is 0.338 e. The van der Waals surface area contributed by atoms with Crippen LogP contribution in [0.25, 0.3) is 6.08 Å². The average molecular weight is 336 g/mol. The summed E-state index contributed by atoms with van der Waals surface area (Å²) in [5.74, 6) is -1.42. The zero-order valence-electron chi connectivity index (χ0n) is 12.0. The number of aromatic carboxylic acids is 1. The first kappa shape index (κ1) is 16.3. The summed E-state index contributed by atoms with van der Waals surface area (Å²) < 4.78 is 0. The first-order valence-electron chi connectivity index (χ1n) is 6.46. The predicted octanol–water partition coefficient (Wildman–Crippen LogP) is 4.37. The fraction of sp³-hybridized carbons (Fsp3) is 0.125. The van der Waals surface area contributed by atoms with E-state index in [1.54, 1.807) is 37.3 Å². The molecule has 0 fully saturated rings. The van der Waals surface area contributed by atoms with Crippen molar-refractivity contribution in [2.45, 2.75) is 13.8 Å². The second kappa shape index (κ2) is 6.77. The second-order valence-corrected chi connectivity index (χ2v) is 6.33. The fourth-order valence-electron chi connectivity index (χ4n) is 1.87. The van der Waals surface area contributed by atoms with Gasteiger partial charge in [-0.1, -0.05) is 23.7 Å². The number of benzene rings is 1. The van der Waals surface area contributed by atoms with Gasteiger partial charge in [-0.2, -0.15) is 0 Å². The molecule has 1 aromatic carbocycles. The Morgan fingerprint density at radius 3 is 2.45 bits per heavy atom. The lowest BCUT2D eigenvalue weighted by atomic mass is 10.1. The molecule has 0 aliphatic heterocycles. The monoisotopic (exact) mass is 335 g/mol. The van der Waals surface area contributed by atoms with Gasteiger partial charge in [0.15, 0.2) is 0 Å². The van der Waals surface area contributed by atoms with Crippen LogP contribution in [0.5, 0.6) is 0 Å². The summed E-state index contributed by atoms with van der Waals surface area (Å²) in [4.78, 5) is 24.1. The molecular weight excluding hydrogens is 322 g/mol. The van der Waals surface area contributed by atoms with Crippen molar-refractivity contribution >= 4 is 45.9 Å². The standard InChI is InChI=1S/C16H14ClNO3S/c1-9-10(2)22-15(14(9)16(20)21)18-13(19)8-5-11-3-6-12(17)7-4-11/h3-8H,1-2H3,(H,18,19)(H,20,21)/b8-5+. The van der Waals surface area contributed by atoms with E-state index in [9.17, 15) is 14.7 Å². The predicted molar refractivity (Wildman–Crippen MR) is 89.9 cm³/mol. The van der Waals surface area contributed by atoms with Crippen molar-refractivity contribution in [3.05, 3.63) is 56.9 Å². The Morgan fingerprint density at radius 2 is 1.86 bits per heavy atom. The highest BCUT2D eigenvalue weighted by Gasteiger charge is 2.19. The van der Waals surface area contributed by atoms with Gasteiger partial charge in [0.2, 0.25) is 5.91 Å². The highest BCUT2D eigenvalue weighted by molar-refractivity contribution is 7.16. The molecule has 0 saturated heterocycles. The van der Waals surface area contributed by atoms with E-state index in [1.165, 1.54) is 17.4 Å². The summed E-state index contributed by atoms with van der Waals surface area (Å²) in [7, 11) is 0. The number of amides is 1. The van der Waals surface area contributed by atoms with E-state index in [2.05, 4.69) is 5.32 Å². The molecule has 6 heteroatoms. The molecule has 22 heavy (non-hydrogen) atoms. The van der Waals surface area contributed by atoms with Gasteiger partial charge in [0.25, 0.3) is 0 Å². The van der Waals surface area contributed by atoms with Crippen molar-refractivity contribution in [1.82, 2.24) is 0 Å². The van der Waals surface area contributed by atoms with E-state index in [0.717, 1.165) is 10.4 Å². The lowest BCUT2D eigenvalue weighted by Crippen LogP contribution is -2.10. The van der Waals surface area contributed by atoms with Crippen molar-refractivity contribution in [2.24, 2.45) is 0 Å². The highest BCUT2D eigenvalue weighted by atomic mass is 35.5. The Bertz CT molecular complexity index is 747. The molecule has 2 aromatic rings. The maximum absolute atomic E-state index is 11.9. The molecule has 4 nitrogen and oxygen atoms in total. The number of hydrogen-bond donors (Lipinski definition) is 2. The number of carboxylic acids is 1. The van der Waals surface area contributed by atoms with Crippen LogP contribution in [0.2, 0.25) is 5.02 Å². The number of aryl methyl sites for hydroxylation is 1. The molecule has 1 amide bonds. The molecule has 2 N–H and O–H groups in total. The lowest BCUT2D eigenvalue weighted by Gasteiger charge is -2.01. The summed E-state index contributed by atoms with van der Waals surface area (Å²) in [6.45, 7) is 3.56. The molecule has 1 heterocycles. The number of rotatable bonds is 4. The van der Waals surface area contributed by atoms with Gasteiger partial charge in [-0.05, 0) is 43.2 Å². The summed E-state index contributed by atoms with van der Waals surface area (Å²) in [6, 6.07) is 7.03. The smallest absolute Gasteiger partial charge is 0.338 e. The molecule has 0 radical (unpaired) electrons. The van der Waals surface area contributed by atoms with Crippen molar-refractivity contribution in [3.63, 3.8) is 0 Å². The SMILES string of the molecule is Cc1sc(NC(=O)/C=C/c2ccc(Cl)cc2)c(C(=O)O)c1C. The third-order valence-corrected chi connectivity index (χ3v) is 4.51. The van der Waals surface area contributed by atoms with Gasteiger partial charge in [0, 0.05) is 16.0 Å². The third kappa shape index (κ3) is 3.75. The number of carboxylic acid groups (broad SMARTS) is 1. The van der Waals surface area contributed by atoms with E-state index in [0.29, 0.717) is 15.6 Å². The Hall–Kier alpha value is -2.11. The number of hydrogen-bond acceptors (Lipinski definition) is 3. The normalized spacial score (nSPS) is 10.9. The van der Waals surface area contributed by atoms with Gasteiger partial charge < -0.3 is 10.4 Å². The van der Waals surface area contributed by atoms with Crippen LogP contribution >= 0.6 is 22.9 Å². The topological polar surface area (TPSA) is 66.4 Å². The first-order chi connectivity index (χ1) is 10.4. The van der Waals surface area contributed by atoms with Crippen LogP contribution in [-0.4, -0.2) is 17.0 Å². The summed E-state index contributed by atoms with van der Waals surface area (Å²) in [5.41, 5.74) is 1.65. The zero-order valence-corrected chi connectivity index (χ0v) is 13.6. The summed E-state index contributed by atoms with van der Waals surface area (Å²) in [5, 5.41) is 12.8. The number of thiophene rings is 1. The van der Waals surface area contributed by atoms with E-state index in [4.69, 9.17) is 11.6 Å². The van der Waals surface area contributed by atoms with Crippen LogP contribution in [0, 0.1) is 13.8 Å². The Morgan fingerprint density at radius 1 is 1.23 bits per heavy atom. The molecule has 0 aliphatic rings. The molecule has 114 valence electrons. The molecule has 1 aromatic heterocycles. The first-order valence-corrected chi connectivity index (χ1v) is 7.66. The number of carbonyl (C=O) groups excluding carboxylic acids is 1. The van der Waals surface area contributed by atoms with Gasteiger partial charge in [-0.3, -0.25) is 4.79 Å². The molecule has 0 saturated carbocycles. The molecular formula is C16H14ClNO3S. The van der Waals surface area contributed by atoms with E-state index < -0.39 is 5.97 Å². The summed E-state index contributed by atoms with van der Waals surface area (Å²) >= 11 is 7.05. The molecule has 0 atom stereocenters. The van der Waals surface area contributed by atoms with E-state index >= 15 is 0 Å². The molecule has 0 aliphatic carbocycles. The second-order valence-electron chi connectivity index (χ2n) is 4.67. The minimum atomic E-state index is -1.04. The minimum absolute atomic E-state index is 0.149. The number of carbonyl (C=O) groups is 2. The highest BCUT2D eigenvalue weighted by Crippen LogP contribution is 2.32. The number of nitrogens with one attached hydrogen (secondary N) is 1. The van der Waals surface area contributed by atoms with Crippen LogP contribution in [0.3, 0.4) is 0 Å². The average Bonchev–Trinajstić information content (AvgIpc) is 2.73. The van der Waals surface area contributed by atoms with Crippen LogP contribution in [0.4, 0.5) is 5.00 Å². The Labute approximate surface area is 137 Å². The van der Waals surface area contributed by atoms with Crippen LogP contribution in [0.1, 0.15) is 26.4 Å². The van der Waals surface area contributed by atoms with Crippen LogP contribution in [0.15, 0.2) is 30.3 Å². The number of halogens is 1. The number of anilines is 1. The minimum Gasteiger partial charge on any atom is -0.478 e.